The molecule has 0 spiro atoms. The van der Waals surface area contributed by atoms with E-state index in [1.165, 1.54) is 6.21 Å². The Balaban J connectivity index is 1.65. The summed E-state index contributed by atoms with van der Waals surface area (Å²) in [6.45, 7) is 4.35. The predicted molar refractivity (Wildman–Crippen MR) is 109 cm³/mol. The van der Waals surface area contributed by atoms with E-state index >= 15 is 0 Å². The van der Waals surface area contributed by atoms with Gasteiger partial charge in [-0.2, -0.15) is 5.10 Å². The van der Waals surface area contributed by atoms with Crippen molar-refractivity contribution < 1.29 is 9.59 Å². The Morgan fingerprint density at radius 1 is 1.19 bits per heavy atom. The molecular formula is C20H19Cl2N3O2. The predicted octanol–water partition coefficient (Wildman–Crippen LogP) is 4.11. The van der Waals surface area contributed by atoms with Gasteiger partial charge in [-0.1, -0.05) is 35.3 Å². The van der Waals surface area contributed by atoms with Crippen molar-refractivity contribution in [2.45, 2.75) is 20.3 Å². The first kappa shape index (κ1) is 19.4. The number of nitrogens with zero attached hydrogens (tertiary/aromatic N) is 2. The van der Waals surface area contributed by atoms with E-state index in [-0.39, 0.29) is 18.2 Å². The summed E-state index contributed by atoms with van der Waals surface area (Å²) in [4.78, 5) is 26.4. The zero-order chi connectivity index (χ0) is 19.6. The molecule has 2 aromatic carbocycles. The van der Waals surface area contributed by atoms with Crippen molar-refractivity contribution >= 4 is 46.9 Å². The summed E-state index contributed by atoms with van der Waals surface area (Å²) in [7, 11) is 0. The van der Waals surface area contributed by atoms with Crippen LogP contribution in [0.2, 0.25) is 10.0 Å². The summed E-state index contributed by atoms with van der Waals surface area (Å²) in [5.74, 6) is -0.844. The van der Waals surface area contributed by atoms with Crippen molar-refractivity contribution in [3.8, 4) is 0 Å². The van der Waals surface area contributed by atoms with Gasteiger partial charge in [0, 0.05) is 24.2 Å². The Hall–Kier alpha value is -2.37. The molecule has 2 amide bonds. The summed E-state index contributed by atoms with van der Waals surface area (Å²) in [6.07, 6.45) is 1.56. The lowest BCUT2D eigenvalue weighted by molar-refractivity contribution is -0.126. The fraction of sp³-hybridized carbons (Fsp3) is 0.250. The molecule has 0 unspecified atom stereocenters. The van der Waals surface area contributed by atoms with Crippen molar-refractivity contribution in [2.24, 2.45) is 11.0 Å². The Morgan fingerprint density at radius 2 is 1.89 bits per heavy atom. The third kappa shape index (κ3) is 4.31. The molecule has 7 heteroatoms. The van der Waals surface area contributed by atoms with Gasteiger partial charge in [-0.15, -0.1) is 0 Å². The number of carbonyl (C=O) groups excluding carboxylic acids is 2. The van der Waals surface area contributed by atoms with Crippen LogP contribution in [-0.2, 0) is 9.59 Å². The quantitative estimate of drug-likeness (QED) is 0.616. The molecule has 0 aliphatic carbocycles. The van der Waals surface area contributed by atoms with Gasteiger partial charge in [-0.05, 0) is 49.2 Å². The molecule has 0 radical (unpaired) electrons. The molecule has 1 N–H and O–H groups in total. The molecule has 1 heterocycles. The van der Waals surface area contributed by atoms with Crippen molar-refractivity contribution in [3.05, 3.63) is 63.1 Å². The minimum absolute atomic E-state index is 0.0727. The number of carbonyl (C=O) groups is 2. The molecule has 1 atom stereocenters. The van der Waals surface area contributed by atoms with Crippen LogP contribution in [-0.4, -0.2) is 24.6 Å². The zero-order valence-corrected chi connectivity index (χ0v) is 16.5. The highest BCUT2D eigenvalue weighted by Gasteiger charge is 2.35. The van der Waals surface area contributed by atoms with Crippen molar-refractivity contribution in [1.29, 1.82) is 0 Å². The Labute approximate surface area is 168 Å². The van der Waals surface area contributed by atoms with E-state index in [0.29, 0.717) is 22.2 Å². The van der Waals surface area contributed by atoms with E-state index in [2.05, 4.69) is 10.5 Å². The maximum Gasteiger partial charge on any atom is 0.245 e. The van der Waals surface area contributed by atoms with Crippen LogP contribution < -0.4 is 10.3 Å². The highest BCUT2D eigenvalue weighted by atomic mass is 35.5. The lowest BCUT2D eigenvalue weighted by Crippen LogP contribution is -2.30. The van der Waals surface area contributed by atoms with Crippen LogP contribution in [0.5, 0.6) is 0 Å². The van der Waals surface area contributed by atoms with Gasteiger partial charge in [0.2, 0.25) is 11.8 Å². The van der Waals surface area contributed by atoms with Crippen LogP contribution in [0.4, 0.5) is 5.69 Å². The van der Waals surface area contributed by atoms with Crippen LogP contribution in [0.25, 0.3) is 0 Å². The second-order valence-corrected chi connectivity index (χ2v) is 7.36. The van der Waals surface area contributed by atoms with Gasteiger partial charge in [0.1, 0.15) is 0 Å². The van der Waals surface area contributed by atoms with Gasteiger partial charge in [-0.25, -0.2) is 5.43 Å². The second kappa shape index (κ2) is 8.11. The molecule has 1 fully saturated rings. The minimum Gasteiger partial charge on any atom is -0.312 e. The molecule has 0 aromatic heterocycles. The van der Waals surface area contributed by atoms with Crippen LogP contribution in [0.3, 0.4) is 0 Å². The normalized spacial score (nSPS) is 17.0. The molecule has 3 rings (SSSR count). The Bertz CT molecular complexity index is 907. The number of aryl methyl sites for hydroxylation is 2. The third-order valence-electron chi connectivity index (χ3n) is 4.67. The topological polar surface area (TPSA) is 61.8 Å². The first-order valence-electron chi connectivity index (χ1n) is 8.51. The molecule has 5 nitrogen and oxygen atoms in total. The van der Waals surface area contributed by atoms with Gasteiger partial charge in [0.05, 0.1) is 22.2 Å². The van der Waals surface area contributed by atoms with Crippen LogP contribution in [0.1, 0.15) is 23.1 Å². The van der Waals surface area contributed by atoms with Gasteiger partial charge in [0.25, 0.3) is 0 Å². The monoisotopic (exact) mass is 403 g/mol. The number of hydrazone groups is 1. The van der Waals surface area contributed by atoms with E-state index < -0.39 is 5.92 Å². The number of rotatable bonds is 4. The Morgan fingerprint density at radius 3 is 2.56 bits per heavy atom. The van der Waals surface area contributed by atoms with E-state index in [4.69, 9.17) is 23.2 Å². The molecule has 2 aromatic rings. The summed E-state index contributed by atoms with van der Waals surface area (Å²) in [6, 6.07) is 10.9. The molecule has 140 valence electrons. The molecular weight excluding hydrogens is 385 g/mol. The number of halogens is 2. The summed E-state index contributed by atoms with van der Waals surface area (Å²) >= 11 is 12.1. The van der Waals surface area contributed by atoms with E-state index in [9.17, 15) is 9.59 Å². The van der Waals surface area contributed by atoms with E-state index in [1.54, 1.807) is 23.1 Å². The smallest absolute Gasteiger partial charge is 0.245 e. The summed E-state index contributed by atoms with van der Waals surface area (Å²) in [5, 5.41) is 4.82. The molecule has 1 aliphatic heterocycles. The SMILES string of the molecule is Cc1ccc(N2C[C@H](C(=O)N/N=C\c3c(Cl)cccc3Cl)CC2=O)cc1C. The van der Waals surface area contributed by atoms with E-state index in [0.717, 1.165) is 16.8 Å². The fourth-order valence-corrected chi connectivity index (χ4v) is 3.41. The molecule has 1 aliphatic rings. The number of amides is 2. The first-order chi connectivity index (χ1) is 12.9. The van der Waals surface area contributed by atoms with Gasteiger partial charge in [0.15, 0.2) is 0 Å². The van der Waals surface area contributed by atoms with Crippen LogP contribution >= 0.6 is 23.2 Å². The van der Waals surface area contributed by atoms with Gasteiger partial charge >= 0.3 is 0 Å². The molecule has 1 saturated heterocycles. The van der Waals surface area contributed by atoms with Crippen molar-refractivity contribution in [2.75, 3.05) is 11.4 Å². The molecule has 0 saturated carbocycles. The van der Waals surface area contributed by atoms with Crippen LogP contribution in [0, 0.1) is 19.8 Å². The van der Waals surface area contributed by atoms with Crippen molar-refractivity contribution in [1.82, 2.24) is 5.43 Å². The maximum atomic E-state index is 12.4. The first-order valence-corrected chi connectivity index (χ1v) is 9.27. The zero-order valence-electron chi connectivity index (χ0n) is 15.0. The lowest BCUT2D eigenvalue weighted by Gasteiger charge is -2.17. The average molecular weight is 404 g/mol. The summed E-state index contributed by atoms with van der Waals surface area (Å²) in [5.41, 5.74) is 6.08. The number of benzene rings is 2. The summed E-state index contributed by atoms with van der Waals surface area (Å²) < 4.78 is 0. The highest BCUT2D eigenvalue weighted by molar-refractivity contribution is 6.38. The number of hydrogen-bond donors (Lipinski definition) is 1. The minimum atomic E-state index is -0.460. The highest BCUT2D eigenvalue weighted by Crippen LogP contribution is 2.27. The fourth-order valence-electron chi connectivity index (χ4n) is 2.91. The number of nitrogens with one attached hydrogen (secondary N) is 1. The van der Waals surface area contributed by atoms with Gasteiger partial charge < -0.3 is 4.90 Å². The number of anilines is 1. The van der Waals surface area contributed by atoms with E-state index in [1.807, 2.05) is 32.0 Å². The van der Waals surface area contributed by atoms with Crippen molar-refractivity contribution in [3.63, 3.8) is 0 Å². The standard InChI is InChI=1S/C20H19Cl2N3O2/c1-12-6-7-15(8-13(12)2)25-11-14(9-19(25)26)20(27)24-23-10-16-17(21)4-3-5-18(16)22/h3-8,10,14H,9,11H2,1-2H3,(H,24,27)/b23-10-/t14-/m1/s1. The molecule has 0 bridgehead atoms. The maximum absolute atomic E-state index is 12.4. The molecule has 27 heavy (non-hydrogen) atoms. The van der Waals surface area contributed by atoms with Gasteiger partial charge in [-0.3, -0.25) is 9.59 Å². The Kier molecular flexibility index (Phi) is 5.82. The van der Waals surface area contributed by atoms with Crippen LogP contribution in [0.15, 0.2) is 41.5 Å². The largest absolute Gasteiger partial charge is 0.312 e. The third-order valence-corrected chi connectivity index (χ3v) is 5.33. The average Bonchev–Trinajstić information content (AvgIpc) is 3.01. The number of hydrogen-bond acceptors (Lipinski definition) is 3. The second-order valence-electron chi connectivity index (χ2n) is 6.54. The lowest BCUT2D eigenvalue weighted by atomic mass is 10.1.